The highest BCUT2D eigenvalue weighted by Crippen LogP contribution is 2.50. The topological polar surface area (TPSA) is 87.2 Å². The van der Waals surface area contributed by atoms with Crippen LogP contribution < -0.4 is 15.1 Å². The summed E-state index contributed by atoms with van der Waals surface area (Å²) in [5, 5.41) is 15.4. The third kappa shape index (κ3) is 4.50. The van der Waals surface area contributed by atoms with Crippen molar-refractivity contribution in [3.63, 3.8) is 0 Å². The van der Waals surface area contributed by atoms with Crippen molar-refractivity contribution < 1.29 is 19.4 Å². The van der Waals surface area contributed by atoms with Crippen molar-refractivity contribution in [1.82, 2.24) is 10.3 Å². The molecule has 1 unspecified atom stereocenters. The van der Waals surface area contributed by atoms with Crippen LogP contribution in [0.25, 0.3) is 22.4 Å². The quantitative estimate of drug-likeness (QED) is 0.542. The summed E-state index contributed by atoms with van der Waals surface area (Å²) < 4.78 is 11.1. The standard InChI is InChI=1S/C28H32N4O4S/c1-28(2)25(33)23-22(27(32-10-14-36-15-11-32)37-24(23)26(34)30-28)19-6-7-29-21(17-19)18-4-3-5-20(16-18)31-8-12-35-13-9-31/h3-7,16-17,25,33H,8-15H2,1-2H3,(H,30,34). The van der Waals surface area contributed by atoms with Crippen molar-refractivity contribution in [2.24, 2.45) is 0 Å². The minimum Gasteiger partial charge on any atom is -0.386 e. The number of nitrogens with zero attached hydrogens (tertiary/aromatic N) is 3. The Balaban J connectivity index is 1.46. The summed E-state index contributed by atoms with van der Waals surface area (Å²) >= 11 is 1.46. The highest BCUT2D eigenvalue weighted by molar-refractivity contribution is 7.19. The molecule has 2 aromatic heterocycles. The first kappa shape index (κ1) is 24.4. The number of aliphatic hydroxyl groups excluding tert-OH is 1. The van der Waals surface area contributed by atoms with Crippen LogP contribution in [-0.2, 0) is 9.47 Å². The number of aliphatic hydroxyl groups is 1. The van der Waals surface area contributed by atoms with E-state index in [0.29, 0.717) is 23.7 Å². The largest absolute Gasteiger partial charge is 0.386 e. The van der Waals surface area contributed by atoms with E-state index in [9.17, 15) is 9.90 Å². The zero-order valence-electron chi connectivity index (χ0n) is 21.2. The lowest BCUT2D eigenvalue weighted by molar-refractivity contribution is 0.0558. The Labute approximate surface area is 220 Å². The number of carbonyl (C=O) groups excluding carboxylic acids is 1. The maximum atomic E-state index is 13.1. The fraction of sp³-hybridized carbons (Fsp3) is 0.429. The number of amides is 1. The van der Waals surface area contributed by atoms with Crippen LogP contribution in [-0.4, -0.2) is 74.1 Å². The lowest BCUT2D eigenvalue weighted by Crippen LogP contribution is -2.51. The molecule has 0 bridgehead atoms. The summed E-state index contributed by atoms with van der Waals surface area (Å²) in [6.45, 7) is 9.70. The minimum atomic E-state index is -0.831. The highest BCUT2D eigenvalue weighted by Gasteiger charge is 2.43. The molecule has 3 aliphatic heterocycles. The zero-order chi connectivity index (χ0) is 25.6. The maximum absolute atomic E-state index is 13.1. The molecule has 3 aromatic rings. The van der Waals surface area contributed by atoms with Crippen LogP contribution in [0.4, 0.5) is 10.7 Å². The fourth-order valence-corrected chi connectivity index (χ4v) is 6.64. The van der Waals surface area contributed by atoms with Gasteiger partial charge in [-0.1, -0.05) is 12.1 Å². The van der Waals surface area contributed by atoms with Gasteiger partial charge in [0.25, 0.3) is 5.91 Å². The van der Waals surface area contributed by atoms with Gasteiger partial charge in [0.2, 0.25) is 0 Å². The van der Waals surface area contributed by atoms with Gasteiger partial charge in [0, 0.05) is 54.8 Å². The van der Waals surface area contributed by atoms with E-state index in [4.69, 9.17) is 14.5 Å². The molecule has 1 atom stereocenters. The van der Waals surface area contributed by atoms with Crippen LogP contribution in [0.2, 0.25) is 0 Å². The number of thiophene rings is 1. The number of morpholine rings is 2. The maximum Gasteiger partial charge on any atom is 0.262 e. The number of hydrogen-bond donors (Lipinski definition) is 2. The number of benzene rings is 1. The Bertz CT molecular complexity index is 1310. The molecule has 5 heterocycles. The van der Waals surface area contributed by atoms with Gasteiger partial charge >= 0.3 is 0 Å². The summed E-state index contributed by atoms with van der Waals surface area (Å²) in [6.07, 6.45) is 0.988. The molecule has 8 nitrogen and oxygen atoms in total. The molecule has 0 aliphatic carbocycles. The number of aromatic nitrogens is 1. The molecule has 37 heavy (non-hydrogen) atoms. The summed E-state index contributed by atoms with van der Waals surface area (Å²) in [4.78, 5) is 23.0. The number of fused-ring (bicyclic) bond motifs is 1. The number of anilines is 2. The van der Waals surface area contributed by atoms with Crippen molar-refractivity contribution in [2.75, 3.05) is 62.4 Å². The summed E-state index contributed by atoms with van der Waals surface area (Å²) in [6, 6.07) is 12.5. The van der Waals surface area contributed by atoms with Crippen molar-refractivity contribution in [2.45, 2.75) is 25.5 Å². The molecule has 0 spiro atoms. The van der Waals surface area contributed by atoms with Crippen LogP contribution in [0.15, 0.2) is 42.6 Å². The average Bonchev–Trinajstić information content (AvgIpc) is 3.34. The van der Waals surface area contributed by atoms with Crippen LogP contribution in [0.1, 0.15) is 35.2 Å². The van der Waals surface area contributed by atoms with E-state index in [1.54, 1.807) is 0 Å². The molecular weight excluding hydrogens is 488 g/mol. The number of carbonyl (C=O) groups is 1. The summed E-state index contributed by atoms with van der Waals surface area (Å²) in [5.74, 6) is -0.136. The Morgan fingerprint density at radius 2 is 1.70 bits per heavy atom. The zero-order valence-corrected chi connectivity index (χ0v) is 22.0. The molecule has 1 aromatic carbocycles. The molecule has 3 aliphatic rings. The van der Waals surface area contributed by atoms with Gasteiger partial charge in [-0.2, -0.15) is 0 Å². The fourth-order valence-electron chi connectivity index (χ4n) is 5.34. The molecule has 2 saturated heterocycles. The first-order chi connectivity index (χ1) is 17.9. The second-order valence-electron chi connectivity index (χ2n) is 10.3. The van der Waals surface area contributed by atoms with Gasteiger partial charge in [-0.3, -0.25) is 9.78 Å². The molecule has 194 valence electrons. The Morgan fingerprint density at radius 3 is 2.43 bits per heavy atom. The van der Waals surface area contributed by atoms with E-state index in [0.717, 1.165) is 72.5 Å². The predicted octanol–water partition coefficient (Wildman–Crippen LogP) is 3.71. The third-order valence-corrected chi connectivity index (χ3v) is 8.66. The van der Waals surface area contributed by atoms with E-state index in [-0.39, 0.29) is 5.91 Å². The molecule has 0 saturated carbocycles. The molecule has 0 radical (unpaired) electrons. The Hall–Kier alpha value is -2.98. The average molecular weight is 521 g/mol. The summed E-state index contributed by atoms with van der Waals surface area (Å²) in [7, 11) is 0. The van der Waals surface area contributed by atoms with Gasteiger partial charge in [0.15, 0.2) is 0 Å². The SMILES string of the molecule is CC1(C)NC(=O)c2sc(N3CCOCC3)c(-c3ccnc(-c4cccc(N5CCOCC5)c4)c3)c2C1O. The molecular formula is C28H32N4O4S. The van der Waals surface area contributed by atoms with E-state index >= 15 is 0 Å². The van der Waals surface area contributed by atoms with Crippen molar-refractivity contribution in [1.29, 1.82) is 0 Å². The first-order valence-corrected chi connectivity index (χ1v) is 13.6. The summed E-state index contributed by atoms with van der Waals surface area (Å²) in [5.41, 5.74) is 4.85. The van der Waals surface area contributed by atoms with Gasteiger partial charge in [0.1, 0.15) is 16.0 Å². The van der Waals surface area contributed by atoms with Gasteiger partial charge in [0.05, 0.1) is 37.7 Å². The second kappa shape index (κ2) is 9.72. The second-order valence-corrected chi connectivity index (χ2v) is 11.3. The minimum absolute atomic E-state index is 0.136. The van der Waals surface area contributed by atoms with Crippen molar-refractivity contribution >= 4 is 27.9 Å². The van der Waals surface area contributed by atoms with Crippen molar-refractivity contribution in [3.8, 4) is 22.4 Å². The lowest BCUT2D eigenvalue weighted by Gasteiger charge is -2.36. The van der Waals surface area contributed by atoms with Crippen molar-refractivity contribution in [3.05, 3.63) is 53.0 Å². The van der Waals surface area contributed by atoms with Crippen LogP contribution >= 0.6 is 11.3 Å². The van der Waals surface area contributed by atoms with Gasteiger partial charge in [-0.25, -0.2) is 0 Å². The van der Waals surface area contributed by atoms with Gasteiger partial charge in [-0.05, 0) is 43.7 Å². The van der Waals surface area contributed by atoms with E-state index in [1.807, 2.05) is 26.1 Å². The van der Waals surface area contributed by atoms with E-state index in [2.05, 4.69) is 45.4 Å². The molecule has 2 fully saturated rings. The molecule has 9 heteroatoms. The smallest absolute Gasteiger partial charge is 0.262 e. The van der Waals surface area contributed by atoms with E-state index < -0.39 is 11.6 Å². The number of rotatable bonds is 4. The number of hydrogen-bond acceptors (Lipinski definition) is 8. The normalized spacial score (nSPS) is 21.5. The third-order valence-electron chi connectivity index (χ3n) is 7.39. The Morgan fingerprint density at radius 1 is 1.00 bits per heavy atom. The number of nitrogens with one attached hydrogen (secondary N) is 1. The van der Waals surface area contributed by atoms with Crippen LogP contribution in [0, 0.1) is 0 Å². The Kier molecular flexibility index (Phi) is 6.40. The highest BCUT2D eigenvalue weighted by atomic mass is 32.1. The number of pyridine rings is 1. The first-order valence-electron chi connectivity index (χ1n) is 12.8. The number of ether oxygens (including phenoxy) is 2. The predicted molar refractivity (Wildman–Crippen MR) is 146 cm³/mol. The lowest BCUT2D eigenvalue weighted by atomic mass is 9.84. The molecule has 6 rings (SSSR count). The van der Waals surface area contributed by atoms with Crippen LogP contribution in [0.3, 0.4) is 0 Å². The van der Waals surface area contributed by atoms with Gasteiger partial charge in [-0.15, -0.1) is 11.3 Å². The monoisotopic (exact) mass is 520 g/mol. The van der Waals surface area contributed by atoms with Gasteiger partial charge < -0.3 is 29.7 Å². The molecule has 1 amide bonds. The van der Waals surface area contributed by atoms with Crippen LogP contribution in [0.5, 0.6) is 0 Å². The molecule has 2 N–H and O–H groups in total. The van der Waals surface area contributed by atoms with E-state index in [1.165, 1.54) is 11.3 Å².